The number of nitriles is 1. The fourth-order valence-electron chi connectivity index (χ4n) is 5.99. The number of pyridine rings is 2. The first-order valence-electron chi connectivity index (χ1n) is 16.5. The number of hydrogen-bond donors (Lipinski definition) is 2. The van der Waals surface area contributed by atoms with Gasteiger partial charge in [-0.05, 0) is 86.6 Å². The van der Waals surface area contributed by atoms with E-state index in [0.29, 0.717) is 72.7 Å². The fourth-order valence-corrected chi connectivity index (χ4v) is 5.99. The van der Waals surface area contributed by atoms with Crippen LogP contribution in [0.5, 0.6) is 5.75 Å². The van der Waals surface area contributed by atoms with Crippen molar-refractivity contribution in [2.75, 3.05) is 51.8 Å². The van der Waals surface area contributed by atoms with Gasteiger partial charge < -0.3 is 25.0 Å². The van der Waals surface area contributed by atoms with Crippen molar-refractivity contribution < 1.29 is 23.9 Å². The Morgan fingerprint density at radius 3 is 2.51 bits per heavy atom. The zero-order chi connectivity index (χ0) is 35.1. The van der Waals surface area contributed by atoms with E-state index in [9.17, 15) is 19.6 Å². The predicted octanol–water partition coefficient (Wildman–Crippen LogP) is 4.31. The molecule has 2 aliphatic rings. The molecule has 1 aromatic carbocycles. The van der Waals surface area contributed by atoms with E-state index in [1.54, 1.807) is 33.1 Å². The Hall–Kier alpha value is -5.12. The minimum atomic E-state index is -0.558. The molecule has 2 fully saturated rings. The molecular weight excluding hydrogens is 622 g/mol. The molecule has 0 spiro atoms. The number of aromatic nitrogens is 2. The van der Waals surface area contributed by atoms with Crippen LogP contribution in [0.25, 0.3) is 0 Å². The van der Waals surface area contributed by atoms with E-state index in [4.69, 9.17) is 14.5 Å². The van der Waals surface area contributed by atoms with Gasteiger partial charge in [-0.3, -0.25) is 24.3 Å². The number of ether oxygens (including phenoxy) is 2. The molecule has 3 aromatic rings. The van der Waals surface area contributed by atoms with Crippen LogP contribution < -0.4 is 15.4 Å². The number of rotatable bonds is 13. The molecule has 1 aliphatic carbocycles. The fraction of sp³-hybridized carbons (Fsp3) is 0.405. The highest BCUT2D eigenvalue weighted by Crippen LogP contribution is 2.40. The number of nitrogens with zero attached hydrogens (tertiary/aromatic N) is 5. The summed E-state index contributed by atoms with van der Waals surface area (Å²) in [4.78, 5) is 52.6. The summed E-state index contributed by atoms with van der Waals surface area (Å²) in [5.41, 5.74) is 3.98. The van der Waals surface area contributed by atoms with Crippen LogP contribution in [0.3, 0.4) is 0 Å². The van der Waals surface area contributed by atoms with Gasteiger partial charge >= 0.3 is 0 Å². The molecule has 5 rings (SSSR count). The number of aryl methyl sites for hydroxylation is 2. The van der Waals surface area contributed by atoms with Crippen molar-refractivity contribution in [3.05, 3.63) is 94.5 Å². The lowest BCUT2D eigenvalue weighted by molar-refractivity contribution is -0.130. The standard InChI is InChI=1S/C37H43N7O5/c1-6-34(45)44-13-12-43(21-25(44)4)22-33(31-10-9-28(20-40-31)27-7-8-27)49-32-16-23(2)29(17-30(32)36(46)39-11-14-48-5)37(47)42-35-24(3)15-26(18-38)19-41-35/h6,9-10,15-17,19-20,25,27,33H,1,7-8,11-14,21-22H2,2-5H3,(H,39,46)(H,41,42,47)/t25-,33-/m1/s1. The van der Waals surface area contributed by atoms with Gasteiger partial charge in [-0.1, -0.05) is 12.6 Å². The van der Waals surface area contributed by atoms with E-state index >= 15 is 0 Å². The van der Waals surface area contributed by atoms with Gasteiger partial charge in [-0.15, -0.1) is 0 Å². The molecule has 2 atom stereocenters. The van der Waals surface area contributed by atoms with Crippen molar-refractivity contribution >= 4 is 23.5 Å². The predicted molar refractivity (Wildman–Crippen MR) is 184 cm³/mol. The third-order valence-corrected chi connectivity index (χ3v) is 8.90. The molecule has 2 N–H and O–H groups in total. The van der Waals surface area contributed by atoms with Crippen LogP contribution in [0.2, 0.25) is 0 Å². The van der Waals surface area contributed by atoms with Crippen molar-refractivity contribution in [3.8, 4) is 11.8 Å². The summed E-state index contributed by atoms with van der Waals surface area (Å²) in [5.74, 6) is 0.207. The lowest BCUT2D eigenvalue weighted by Gasteiger charge is -2.40. The summed E-state index contributed by atoms with van der Waals surface area (Å²) >= 11 is 0. The highest BCUT2D eigenvalue weighted by atomic mass is 16.5. The Bertz CT molecular complexity index is 1750. The molecule has 0 unspecified atom stereocenters. The second-order valence-corrected chi connectivity index (χ2v) is 12.6. The molecule has 256 valence electrons. The number of anilines is 1. The van der Waals surface area contributed by atoms with E-state index in [1.165, 1.54) is 23.9 Å². The quantitative estimate of drug-likeness (QED) is 0.201. The summed E-state index contributed by atoms with van der Waals surface area (Å²) in [5, 5.41) is 14.9. The lowest BCUT2D eigenvalue weighted by atomic mass is 10.0. The van der Waals surface area contributed by atoms with E-state index in [1.807, 2.05) is 30.2 Å². The number of carbonyl (C=O) groups excluding carboxylic acids is 3. The monoisotopic (exact) mass is 665 g/mol. The first-order valence-corrected chi connectivity index (χ1v) is 16.5. The summed E-state index contributed by atoms with van der Waals surface area (Å²) in [6.45, 7) is 12.0. The van der Waals surface area contributed by atoms with Gasteiger partial charge in [0.2, 0.25) is 5.91 Å². The summed E-state index contributed by atoms with van der Waals surface area (Å²) < 4.78 is 11.8. The topological polar surface area (TPSA) is 150 Å². The zero-order valence-electron chi connectivity index (χ0n) is 28.5. The maximum absolute atomic E-state index is 13.6. The molecule has 2 aromatic heterocycles. The molecule has 49 heavy (non-hydrogen) atoms. The van der Waals surface area contributed by atoms with Crippen LogP contribution in [0.1, 0.15) is 80.5 Å². The number of benzene rings is 1. The zero-order valence-corrected chi connectivity index (χ0v) is 28.5. The van der Waals surface area contributed by atoms with E-state index < -0.39 is 17.9 Å². The van der Waals surface area contributed by atoms with Crippen LogP contribution in [0.4, 0.5) is 5.82 Å². The number of nitrogens with one attached hydrogen (secondary N) is 2. The van der Waals surface area contributed by atoms with Crippen LogP contribution in [-0.4, -0.2) is 90.0 Å². The minimum Gasteiger partial charge on any atom is -0.482 e. The summed E-state index contributed by atoms with van der Waals surface area (Å²) in [6.07, 6.45) is 6.41. The Labute approximate surface area is 287 Å². The van der Waals surface area contributed by atoms with E-state index in [2.05, 4.69) is 33.2 Å². The molecule has 12 heteroatoms. The highest BCUT2D eigenvalue weighted by Gasteiger charge is 2.31. The van der Waals surface area contributed by atoms with Gasteiger partial charge in [0, 0.05) is 63.8 Å². The third-order valence-electron chi connectivity index (χ3n) is 8.90. The molecule has 1 saturated carbocycles. The number of hydrogen-bond acceptors (Lipinski definition) is 9. The number of piperazine rings is 1. The third kappa shape index (κ3) is 8.68. The Balaban J connectivity index is 1.46. The average Bonchev–Trinajstić information content (AvgIpc) is 3.95. The molecule has 1 saturated heterocycles. The van der Waals surface area contributed by atoms with Gasteiger partial charge in [-0.2, -0.15) is 5.26 Å². The van der Waals surface area contributed by atoms with Crippen LogP contribution in [0.15, 0.2) is 55.4 Å². The van der Waals surface area contributed by atoms with E-state index in [-0.39, 0.29) is 29.6 Å². The molecule has 12 nitrogen and oxygen atoms in total. The van der Waals surface area contributed by atoms with Crippen molar-refractivity contribution in [3.63, 3.8) is 0 Å². The molecule has 0 bridgehead atoms. The summed E-state index contributed by atoms with van der Waals surface area (Å²) in [6, 6.07) is 11.0. The second-order valence-electron chi connectivity index (χ2n) is 12.6. The smallest absolute Gasteiger partial charge is 0.257 e. The van der Waals surface area contributed by atoms with Crippen LogP contribution >= 0.6 is 0 Å². The van der Waals surface area contributed by atoms with Gasteiger partial charge in [0.1, 0.15) is 17.6 Å². The Morgan fingerprint density at radius 1 is 1.08 bits per heavy atom. The molecule has 0 radical (unpaired) electrons. The van der Waals surface area contributed by atoms with Crippen molar-refractivity contribution in [2.45, 2.75) is 51.7 Å². The first kappa shape index (κ1) is 35.2. The van der Waals surface area contributed by atoms with Crippen LogP contribution in [-0.2, 0) is 9.53 Å². The van der Waals surface area contributed by atoms with Crippen molar-refractivity contribution in [2.24, 2.45) is 0 Å². The Morgan fingerprint density at radius 2 is 1.88 bits per heavy atom. The van der Waals surface area contributed by atoms with Crippen LogP contribution in [0, 0.1) is 25.2 Å². The van der Waals surface area contributed by atoms with Gasteiger partial charge in [0.05, 0.1) is 23.4 Å². The first-order chi connectivity index (χ1) is 23.6. The number of amides is 3. The number of methoxy groups -OCH3 is 1. The lowest BCUT2D eigenvalue weighted by Crippen LogP contribution is -2.54. The van der Waals surface area contributed by atoms with E-state index in [0.717, 1.165) is 12.8 Å². The van der Waals surface area contributed by atoms with Crippen molar-refractivity contribution in [1.82, 2.24) is 25.1 Å². The minimum absolute atomic E-state index is 0.0264. The summed E-state index contributed by atoms with van der Waals surface area (Å²) in [7, 11) is 1.55. The maximum Gasteiger partial charge on any atom is 0.257 e. The Kier molecular flexibility index (Phi) is 11.4. The van der Waals surface area contributed by atoms with Gasteiger partial charge in [0.25, 0.3) is 11.8 Å². The maximum atomic E-state index is 13.6. The molecule has 3 amide bonds. The second kappa shape index (κ2) is 15.9. The van der Waals surface area contributed by atoms with Crippen molar-refractivity contribution in [1.29, 1.82) is 5.26 Å². The largest absolute Gasteiger partial charge is 0.482 e. The van der Waals surface area contributed by atoms with Gasteiger partial charge in [-0.25, -0.2) is 4.98 Å². The SMILES string of the molecule is C=CC(=O)N1CCN(C[C@@H](Oc2cc(C)c(C(=O)Nc3ncc(C#N)cc3C)cc2C(=O)NCCOC)c2ccc(C3CC3)cn2)C[C@H]1C. The highest BCUT2D eigenvalue weighted by molar-refractivity contribution is 6.07. The molecule has 3 heterocycles. The normalized spacial score (nSPS) is 16.7. The molecular formula is C37H43N7O5. The number of carbonyl (C=O) groups is 3. The van der Waals surface area contributed by atoms with Gasteiger partial charge in [0.15, 0.2) is 6.10 Å². The molecule has 1 aliphatic heterocycles. The average molecular weight is 666 g/mol.